The van der Waals surface area contributed by atoms with Gasteiger partial charge in [0.15, 0.2) is 0 Å². The average Bonchev–Trinajstić information content (AvgIpc) is 3.17. The number of rotatable bonds is 6. The van der Waals surface area contributed by atoms with E-state index in [0.717, 1.165) is 11.3 Å². The van der Waals surface area contributed by atoms with Gasteiger partial charge in [-0.15, -0.1) is 0 Å². The standard InChI is InChI=1S/C20H20ClN3O3/c1-27-18-8-7-15(13-16(18)21)22-19(25)9-10-20(26)24-12-11-17(23-24)14-5-3-2-4-6-14/h2-8,13H,9-12H2,1H3,(H,22,25). The Bertz CT molecular complexity index is 868. The van der Waals surface area contributed by atoms with Gasteiger partial charge in [0.2, 0.25) is 11.8 Å². The second kappa shape index (κ2) is 8.68. The summed E-state index contributed by atoms with van der Waals surface area (Å²) in [4.78, 5) is 24.4. The van der Waals surface area contributed by atoms with Crippen molar-refractivity contribution in [3.63, 3.8) is 0 Å². The van der Waals surface area contributed by atoms with Crippen molar-refractivity contribution >= 4 is 34.8 Å². The minimum absolute atomic E-state index is 0.0785. The fourth-order valence-corrected chi connectivity index (χ4v) is 3.05. The summed E-state index contributed by atoms with van der Waals surface area (Å²) in [5, 5.41) is 8.97. The Hall–Kier alpha value is -2.86. The Morgan fingerprint density at radius 3 is 2.67 bits per heavy atom. The van der Waals surface area contributed by atoms with Crippen LogP contribution in [0.5, 0.6) is 5.75 Å². The number of carbonyl (C=O) groups is 2. The largest absolute Gasteiger partial charge is 0.495 e. The molecule has 1 heterocycles. The first-order valence-corrected chi connectivity index (χ1v) is 9.01. The lowest BCUT2D eigenvalue weighted by Gasteiger charge is -2.11. The van der Waals surface area contributed by atoms with Crippen molar-refractivity contribution in [3.05, 3.63) is 59.1 Å². The number of benzene rings is 2. The van der Waals surface area contributed by atoms with E-state index in [9.17, 15) is 9.59 Å². The van der Waals surface area contributed by atoms with Crippen molar-refractivity contribution in [3.8, 4) is 5.75 Å². The molecule has 0 fully saturated rings. The zero-order valence-corrected chi connectivity index (χ0v) is 15.7. The van der Waals surface area contributed by atoms with E-state index in [1.165, 1.54) is 12.1 Å². The highest BCUT2D eigenvalue weighted by Gasteiger charge is 2.21. The number of ether oxygens (including phenoxy) is 1. The van der Waals surface area contributed by atoms with Gasteiger partial charge in [-0.3, -0.25) is 9.59 Å². The maximum Gasteiger partial charge on any atom is 0.243 e. The van der Waals surface area contributed by atoms with E-state index in [1.54, 1.807) is 18.2 Å². The third-order valence-corrected chi connectivity index (χ3v) is 4.49. The molecule has 2 aromatic carbocycles. The van der Waals surface area contributed by atoms with Crippen LogP contribution < -0.4 is 10.1 Å². The van der Waals surface area contributed by atoms with Crippen LogP contribution in [0.15, 0.2) is 53.6 Å². The number of anilines is 1. The first-order chi connectivity index (χ1) is 13.1. The Kier molecular flexibility index (Phi) is 6.08. The van der Waals surface area contributed by atoms with Crippen molar-refractivity contribution in [1.29, 1.82) is 0 Å². The van der Waals surface area contributed by atoms with E-state index in [0.29, 0.717) is 29.4 Å². The molecule has 7 heteroatoms. The molecule has 0 aliphatic carbocycles. The number of nitrogens with zero attached hydrogens (tertiary/aromatic N) is 2. The van der Waals surface area contributed by atoms with Crippen LogP contribution in [-0.4, -0.2) is 36.2 Å². The van der Waals surface area contributed by atoms with Gasteiger partial charge in [-0.25, -0.2) is 5.01 Å². The lowest BCUT2D eigenvalue weighted by molar-refractivity contribution is -0.132. The lowest BCUT2D eigenvalue weighted by Crippen LogP contribution is -2.24. The van der Waals surface area contributed by atoms with Crippen molar-refractivity contribution < 1.29 is 14.3 Å². The van der Waals surface area contributed by atoms with Gasteiger partial charge in [-0.2, -0.15) is 5.10 Å². The van der Waals surface area contributed by atoms with Crippen molar-refractivity contribution in [2.45, 2.75) is 19.3 Å². The minimum Gasteiger partial charge on any atom is -0.495 e. The third kappa shape index (κ3) is 4.86. The summed E-state index contributed by atoms with van der Waals surface area (Å²) < 4.78 is 5.07. The Morgan fingerprint density at radius 1 is 1.19 bits per heavy atom. The average molecular weight is 386 g/mol. The highest BCUT2D eigenvalue weighted by Crippen LogP contribution is 2.27. The molecule has 0 saturated carbocycles. The van der Waals surface area contributed by atoms with Crippen LogP contribution in [-0.2, 0) is 9.59 Å². The molecule has 0 saturated heterocycles. The van der Waals surface area contributed by atoms with Gasteiger partial charge in [0, 0.05) is 24.9 Å². The first kappa shape index (κ1) is 18.9. The van der Waals surface area contributed by atoms with E-state index in [1.807, 2.05) is 30.3 Å². The van der Waals surface area contributed by atoms with Gasteiger partial charge < -0.3 is 10.1 Å². The Labute approximate surface area is 162 Å². The smallest absolute Gasteiger partial charge is 0.243 e. The molecule has 1 aliphatic rings. The maximum atomic E-state index is 12.3. The van der Waals surface area contributed by atoms with Crippen LogP contribution in [0.2, 0.25) is 5.02 Å². The monoisotopic (exact) mass is 385 g/mol. The fourth-order valence-electron chi connectivity index (χ4n) is 2.79. The summed E-state index contributed by atoms with van der Waals surface area (Å²) in [6, 6.07) is 14.7. The summed E-state index contributed by atoms with van der Waals surface area (Å²) in [6.45, 7) is 0.540. The fraction of sp³-hybridized carbons (Fsp3) is 0.250. The van der Waals surface area contributed by atoms with E-state index in [2.05, 4.69) is 10.4 Å². The van der Waals surface area contributed by atoms with Crippen molar-refractivity contribution in [2.24, 2.45) is 5.10 Å². The van der Waals surface area contributed by atoms with E-state index >= 15 is 0 Å². The molecular weight excluding hydrogens is 366 g/mol. The lowest BCUT2D eigenvalue weighted by atomic mass is 10.1. The molecule has 0 spiro atoms. The molecule has 0 atom stereocenters. The topological polar surface area (TPSA) is 71.0 Å². The summed E-state index contributed by atoms with van der Waals surface area (Å²) >= 11 is 6.04. The number of carbonyl (C=O) groups excluding carboxylic acids is 2. The van der Waals surface area contributed by atoms with Gasteiger partial charge in [0.05, 0.1) is 24.4 Å². The van der Waals surface area contributed by atoms with Crippen LogP contribution in [0.25, 0.3) is 0 Å². The zero-order valence-electron chi connectivity index (χ0n) is 14.9. The van der Waals surface area contributed by atoms with Gasteiger partial charge in [0.25, 0.3) is 0 Å². The normalized spacial score (nSPS) is 13.3. The van der Waals surface area contributed by atoms with Gasteiger partial charge in [-0.1, -0.05) is 41.9 Å². The molecule has 2 aromatic rings. The van der Waals surface area contributed by atoms with Gasteiger partial charge in [-0.05, 0) is 23.8 Å². The Morgan fingerprint density at radius 2 is 1.96 bits per heavy atom. The molecule has 140 valence electrons. The summed E-state index contributed by atoms with van der Waals surface area (Å²) in [6.07, 6.45) is 0.892. The second-order valence-corrected chi connectivity index (χ2v) is 6.48. The van der Waals surface area contributed by atoms with Crippen molar-refractivity contribution in [2.75, 3.05) is 19.0 Å². The molecule has 0 aromatic heterocycles. The molecule has 0 radical (unpaired) electrons. The summed E-state index contributed by atoms with van der Waals surface area (Å²) in [5.74, 6) is 0.117. The summed E-state index contributed by atoms with van der Waals surface area (Å²) in [5.41, 5.74) is 2.46. The third-order valence-electron chi connectivity index (χ3n) is 4.20. The number of hydrogen-bond donors (Lipinski definition) is 1. The number of nitrogens with one attached hydrogen (secondary N) is 1. The van der Waals surface area contributed by atoms with Crippen molar-refractivity contribution in [1.82, 2.24) is 5.01 Å². The maximum absolute atomic E-state index is 12.3. The molecule has 0 bridgehead atoms. The van der Waals surface area contributed by atoms with Crippen LogP contribution >= 0.6 is 11.6 Å². The molecular formula is C20H20ClN3O3. The SMILES string of the molecule is COc1ccc(NC(=O)CCC(=O)N2CCC(c3ccccc3)=N2)cc1Cl. The van der Waals surface area contributed by atoms with Crippen LogP contribution in [0, 0.1) is 0 Å². The first-order valence-electron chi connectivity index (χ1n) is 8.63. The number of methoxy groups -OCH3 is 1. The van der Waals surface area contributed by atoms with Gasteiger partial charge >= 0.3 is 0 Å². The predicted octanol–water partition coefficient (Wildman–Crippen LogP) is 3.70. The molecule has 3 rings (SSSR count). The van der Waals surface area contributed by atoms with Crippen LogP contribution in [0.4, 0.5) is 5.69 Å². The molecule has 1 aliphatic heterocycles. The Balaban J connectivity index is 1.51. The molecule has 6 nitrogen and oxygen atoms in total. The summed E-state index contributed by atoms with van der Waals surface area (Å²) in [7, 11) is 1.52. The second-order valence-electron chi connectivity index (χ2n) is 6.08. The number of hydrogen-bond acceptors (Lipinski definition) is 4. The highest BCUT2D eigenvalue weighted by atomic mass is 35.5. The number of amides is 2. The van der Waals surface area contributed by atoms with E-state index in [4.69, 9.17) is 16.3 Å². The van der Waals surface area contributed by atoms with Crippen LogP contribution in [0.1, 0.15) is 24.8 Å². The molecule has 27 heavy (non-hydrogen) atoms. The van der Waals surface area contributed by atoms with Gasteiger partial charge in [0.1, 0.15) is 5.75 Å². The van der Waals surface area contributed by atoms with E-state index in [-0.39, 0.29) is 24.7 Å². The molecule has 0 unspecified atom stereocenters. The minimum atomic E-state index is -0.254. The van der Waals surface area contributed by atoms with E-state index < -0.39 is 0 Å². The number of hydrazone groups is 1. The predicted molar refractivity (Wildman–Crippen MR) is 105 cm³/mol. The molecule has 1 N–H and O–H groups in total. The number of halogens is 1. The molecule has 2 amide bonds. The zero-order chi connectivity index (χ0) is 19.2. The van der Waals surface area contributed by atoms with Crippen LogP contribution in [0.3, 0.4) is 0 Å². The highest BCUT2D eigenvalue weighted by molar-refractivity contribution is 6.32. The quantitative estimate of drug-likeness (QED) is 0.824.